The number of benzene rings is 1. The van der Waals surface area contributed by atoms with Gasteiger partial charge in [-0.2, -0.15) is 0 Å². The van der Waals surface area contributed by atoms with Crippen molar-refractivity contribution in [3.63, 3.8) is 0 Å². The first-order valence-corrected chi connectivity index (χ1v) is 8.36. The van der Waals surface area contributed by atoms with Crippen molar-refractivity contribution in [3.05, 3.63) is 53.4 Å². The minimum atomic E-state index is -1.03. The van der Waals surface area contributed by atoms with Gasteiger partial charge in [-0.3, -0.25) is 9.78 Å². The third kappa shape index (κ3) is 3.07. The molecule has 0 radical (unpaired) electrons. The van der Waals surface area contributed by atoms with E-state index in [0.717, 1.165) is 27.5 Å². The molecule has 4 rings (SSSR count). The van der Waals surface area contributed by atoms with Crippen LogP contribution in [-0.4, -0.2) is 22.0 Å². The highest BCUT2D eigenvalue weighted by molar-refractivity contribution is 6.36. The summed E-state index contributed by atoms with van der Waals surface area (Å²) in [4.78, 5) is 20.2. The molecule has 2 atom stereocenters. The molecule has 1 amide bonds. The molecule has 0 spiro atoms. The van der Waals surface area contributed by atoms with Gasteiger partial charge in [-0.25, -0.2) is 9.37 Å². The van der Waals surface area contributed by atoms with Gasteiger partial charge in [-0.15, -0.1) is 0 Å². The second-order valence-corrected chi connectivity index (χ2v) is 6.69. The van der Waals surface area contributed by atoms with Crippen LogP contribution in [0.4, 0.5) is 10.2 Å². The Kier molecular flexibility index (Phi) is 3.88. The molecule has 3 aromatic rings. The fourth-order valence-corrected chi connectivity index (χ4v) is 3.16. The van der Waals surface area contributed by atoms with Gasteiger partial charge in [-0.1, -0.05) is 11.6 Å². The van der Waals surface area contributed by atoms with Crippen molar-refractivity contribution in [3.8, 4) is 11.1 Å². The van der Waals surface area contributed by atoms with Crippen molar-refractivity contribution in [1.82, 2.24) is 9.97 Å². The van der Waals surface area contributed by atoms with E-state index in [1.807, 2.05) is 25.1 Å². The normalized spacial score (nSPS) is 19.0. The maximum atomic E-state index is 13.0. The quantitative estimate of drug-likeness (QED) is 0.749. The number of rotatable bonds is 3. The molecule has 1 saturated carbocycles. The van der Waals surface area contributed by atoms with Crippen LogP contribution in [0.2, 0.25) is 5.02 Å². The number of aryl methyl sites for hydroxylation is 1. The maximum absolute atomic E-state index is 13.0. The molecule has 1 fully saturated rings. The monoisotopic (exact) mass is 355 g/mol. The third-order valence-corrected chi connectivity index (χ3v) is 4.73. The number of pyridine rings is 2. The number of fused-ring (bicyclic) bond motifs is 1. The molecule has 0 unspecified atom stereocenters. The molecule has 1 aliphatic carbocycles. The molecule has 0 saturated heterocycles. The summed E-state index contributed by atoms with van der Waals surface area (Å²) >= 11 is 6.41. The number of aromatic nitrogens is 2. The number of nitrogens with zero attached hydrogens (tertiary/aromatic N) is 2. The number of alkyl halides is 1. The van der Waals surface area contributed by atoms with Gasteiger partial charge in [0.05, 0.1) is 10.9 Å². The van der Waals surface area contributed by atoms with Gasteiger partial charge < -0.3 is 5.32 Å². The van der Waals surface area contributed by atoms with E-state index in [9.17, 15) is 9.18 Å². The van der Waals surface area contributed by atoms with Crippen LogP contribution in [0.1, 0.15) is 12.0 Å². The summed E-state index contributed by atoms with van der Waals surface area (Å²) in [5.74, 6) is -0.477. The minimum Gasteiger partial charge on any atom is -0.310 e. The molecular formula is C19H15ClFN3O. The van der Waals surface area contributed by atoms with Crippen LogP contribution in [0.3, 0.4) is 0 Å². The van der Waals surface area contributed by atoms with Gasteiger partial charge in [0.25, 0.3) is 0 Å². The average Bonchev–Trinajstić information content (AvgIpc) is 3.32. The number of carbonyl (C=O) groups excluding carboxylic acids is 1. The van der Waals surface area contributed by atoms with Crippen LogP contribution in [0.25, 0.3) is 21.9 Å². The Balaban J connectivity index is 1.73. The average molecular weight is 356 g/mol. The van der Waals surface area contributed by atoms with Crippen LogP contribution in [0.5, 0.6) is 0 Å². The van der Waals surface area contributed by atoms with Crippen LogP contribution >= 0.6 is 11.6 Å². The molecule has 2 heterocycles. The number of carbonyl (C=O) groups is 1. The van der Waals surface area contributed by atoms with E-state index in [4.69, 9.17) is 11.6 Å². The summed E-state index contributed by atoms with van der Waals surface area (Å²) in [5.41, 5.74) is 3.05. The summed E-state index contributed by atoms with van der Waals surface area (Å²) in [6.07, 6.45) is 4.42. The molecule has 0 bridgehead atoms. The number of hydrogen-bond acceptors (Lipinski definition) is 3. The van der Waals surface area contributed by atoms with E-state index >= 15 is 0 Å². The van der Waals surface area contributed by atoms with Crippen molar-refractivity contribution in [1.29, 1.82) is 0 Å². The molecule has 126 valence electrons. The van der Waals surface area contributed by atoms with Crippen molar-refractivity contribution in [2.45, 2.75) is 19.5 Å². The number of hydrogen-bond donors (Lipinski definition) is 1. The van der Waals surface area contributed by atoms with Crippen LogP contribution in [0.15, 0.2) is 42.9 Å². The Morgan fingerprint density at radius 3 is 2.84 bits per heavy atom. The van der Waals surface area contributed by atoms with Gasteiger partial charge in [0.1, 0.15) is 12.0 Å². The second kappa shape index (κ2) is 6.08. The summed E-state index contributed by atoms with van der Waals surface area (Å²) in [5, 5.41) is 4.91. The molecule has 25 heavy (non-hydrogen) atoms. The lowest BCUT2D eigenvalue weighted by Crippen LogP contribution is -2.15. The Morgan fingerprint density at radius 1 is 1.32 bits per heavy atom. The first-order valence-electron chi connectivity index (χ1n) is 7.98. The molecule has 2 aromatic heterocycles. The number of amides is 1. The van der Waals surface area contributed by atoms with Crippen molar-refractivity contribution >= 4 is 34.1 Å². The summed E-state index contributed by atoms with van der Waals surface area (Å²) in [6.45, 7) is 1.99. The summed E-state index contributed by atoms with van der Waals surface area (Å²) < 4.78 is 13.0. The highest BCUT2D eigenvalue weighted by Crippen LogP contribution is 2.35. The predicted molar refractivity (Wildman–Crippen MR) is 96.4 cm³/mol. The first-order chi connectivity index (χ1) is 12.0. The van der Waals surface area contributed by atoms with E-state index in [0.29, 0.717) is 10.8 Å². The van der Waals surface area contributed by atoms with Gasteiger partial charge in [0.15, 0.2) is 0 Å². The van der Waals surface area contributed by atoms with E-state index in [2.05, 4.69) is 15.3 Å². The van der Waals surface area contributed by atoms with Gasteiger partial charge in [0, 0.05) is 24.0 Å². The third-order valence-electron chi connectivity index (χ3n) is 4.42. The lowest BCUT2D eigenvalue weighted by Gasteiger charge is -2.10. The molecule has 0 aliphatic heterocycles. The molecule has 4 nitrogen and oxygen atoms in total. The Labute approximate surface area is 149 Å². The van der Waals surface area contributed by atoms with Crippen molar-refractivity contribution < 1.29 is 9.18 Å². The van der Waals surface area contributed by atoms with Crippen molar-refractivity contribution in [2.75, 3.05) is 5.32 Å². The Bertz CT molecular complexity index is 992. The zero-order valence-corrected chi connectivity index (χ0v) is 14.2. The molecule has 6 heteroatoms. The van der Waals surface area contributed by atoms with Gasteiger partial charge in [0.2, 0.25) is 5.91 Å². The van der Waals surface area contributed by atoms with E-state index < -0.39 is 12.1 Å². The first kappa shape index (κ1) is 16.0. The smallest absolute Gasteiger partial charge is 0.231 e. The maximum Gasteiger partial charge on any atom is 0.231 e. The SMILES string of the molecule is Cc1cnccc1-c1cc(Cl)c2cnc(NC(=O)[C@@H]3C[C@@H]3F)cc2c1. The zero-order valence-electron chi connectivity index (χ0n) is 13.5. The topological polar surface area (TPSA) is 54.9 Å². The zero-order chi connectivity index (χ0) is 17.6. The Hall–Kier alpha value is -2.53. The highest BCUT2D eigenvalue weighted by atomic mass is 35.5. The van der Waals surface area contributed by atoms with Crippen molar-refractivity contribution in [2.24, 2.45) is 5.92 Å². The molecular weight excluding hydrogens is 341 g/mol. The van der Waals surface area contributed by atoms with Gasteiger partial charge in [-0.05, 0) is 59.7 Å². The van der Waals surface area contributed by atoms with Crippen LogP contribution in [-0.2, 0) is 4.79 Å². The van der Waals surface area contributed by atoms with E-state index in [-0.39, 0.29) is 12.3 Å². The molecule has 1 aromatic carbocycles. The number of anilines is 1. The minimum absolute atomic E-state index is 0.288. The standard InChI is InChI=1S/C19H15ClFN3O/c1-10-8-22-3-2-13(10)11-4-12-6-18(23-9-15(12)16(20)5-11)24-19(25)14-7-17(14)21/h2-6,8-9,14,17H,7H2,1H3,(H,23,24,25)/t14-,17+/m1/s1. The predicted octanol–water partition coefficient (Wildman–Crippen LogP) is 4.56. The highest BCUT2D eigenvalue weighted by Gasteiger charge is 2.43. The molecule has 1 N–H and O–H groups in total. The van der Waals surface area contributed by atoms with E-state index in [1.165, 1.54) is 0 Å². The number of halogens is 2. The lowest BCUT2D eigenvalue weighted by molar-refractivity contribution is -0.117. The second-order valence-electron chi connectivity index (χ2n) is 6.29. The van der Waals surface area contributed by atoms with Gasteiger partial charge >= 0.3 is 0 Å². The van der Waals surface area contributed by atoms with Crippen LogP contribution in [0, 0.1) is 12.8 Å². The number of nitrogens with one attached hydrogen (secondary N) is 1. The fourth-order valence-electron chi connectivity index (χ4n) is 2.89. The largest absolute Gasteiger partial charge is 0.310 e. The Morgan fingerprint density at radius 2 is 2.12 bits per heavy atom. The fraction of sp³-hybridized carbons (Fsp3) is 0.211. The summed E-state index contributed by atoms with van der Waals surface area (Å²) in [6, 6.07) is 7.58. The van der Waals surface area contributed by atoms with E-state index in [1.54, 1.807) is 24.7 Å². The molecule has 1 aliphatic rings. The summed E-state index contributed by atoms with van der Waals surface area (Å²) in [7, 11) is 0. The van der Waals surface area contributed by atoms with Crippen LogP contribution < -0.4 is 5.32 Å². The lowest BCUT2D eigenvalue weighted by atomic mass is 10.00.